The molecule has 0 saturated carbocycles. The van der Waals surface area contributed by atoms with Gasteiger partial charge in [-0.1, -0.05) is 13.8 Å². The lowest BCUT2D eigenvalue weighted by molar-refractivity contribution is -0.201. The SMILES string of the molecule is CCOC(CC)C(C)C(F)(F)F. The molecule has 0 fully saturated rings. The molecule has 0 N–H and O–H groups in total. The minimum atomic E-state index is -4.14. The van der Waals surface area contributed by atoms with Crippen molar-refractivity contribution in [1.82, 2.24) is 0 Å². The fraction of sp³-hybridized carbons (Fsp3) is 1.00. The van der Waals surface area contributed by atoms with Gasteiger partial charge in [-0.3, -0.25) is 0 Å². The van der Waals surface area contributed by atoms with Crippen LogP contribution < -0.4 is 0 Å². The second-order valence-electron chi connectivity index (χ2n) is 2.73. The highest BCUT2D eigenvalue weighted by Gasteiger charge is 2.40. The van der Waals surface area contributed by atoms with E-state index in [0.29, 0.717) is 13.0 Å². The summed E-state index contributed by atoms with van der Waals surface area (Å²) in [6, 6.07) is 0. The van der Waals surface area contributed by atoms with Crippen molar-refractivity contribution in [2.24, 2.45) is 5.92 Å². The Morgan fingerprint density at radius 1 is 1.25 bits per heavy atom. The van der Waals surface area contributed by atoms with Gasteiger partial charge in [0.1, 0.15) is 0 Å². The molecule has 2 unspecified atom stereocenters. The molecule has 0 rings (SSSR count). The molecular formula is C8H15F3O. The summed E-state index contributed by atoms with van der Waals surface area (Å²) in [5, 5.41) is 0. The van der Waals surface area contributed by atoms with Gasteiger partial charge in [-0.15, -0.1) is 0 Å². The molecule has 12 heavy (non-hydrogen) atoms. The van der Waals surface area contributed by atoms with Crippen LogP contribution in [0.25, 0.3) is 0 Å². The van der Waals surface area contributed by atoms with Crippen molar-refractivity contribution in [2.45, 2.75) is 39.5 Å². The van der Waals surface area contributed by atoms with Crippen LogP contribution in [-0.4, -0.2) is 18.9 Å². The van der Waals surface area contributed by atoms with Crippen molar-refractivity contribution in [3.8, 4) is 0 Å². The van der Waals surface area contributed by atoms with Gasteiger partial charge in [-0.05, 0) is 13.3 Å². The largest absolute Gasteiger partial charge is 0.394 e. The van der Waals surface area contributed by atoms with Crippen molar-refractivity contribution in [3.63, 3.8) is 0 Å². The topological polar surface area (TPSA) is 9.23 Å². The average Bonchev–Trinajstić information content (AvgIpc) is 1.97. The Balaban J connectivity index is 4.11. The molecule has 0 aliphatic rings. The van der Waals surface area contributed by atoms with Crippen molar-refractivity contribution in [3.05, 3.63) is 0 Å². The summed E-state index contributed by atoms with van der Waals surface area (Å²) in [4.78, 5) is 0. The lowest BCUT2D eigenvalue weighted by Gasteiger charge is -2.24. The molecule has 0 saturated heterocycles. The molecule has 0 aromatic heterocycles. The summed E-state index contributed by atoms with van der Waals surface area (Å²) in [6.45, 7) is 4.89. The normalized spacial score (nSPS) is 17.5. The Hall–Kier alpha value is -0.250. The van der Waals surface area contributed by atoms with Gasteiger partial charge in [0.15, 0.2) is 0 Å². The highest BCUT2D eigenvalue weighted by Crippen LogP contribution is 2.30. The molecule has 0 amide bonds. The lowest BCUT2D eigenvalue weighted by Crippen LogP contribution is -2.33. The predicted molar refractivity (Wildman–Crippen MR) is 40.9 cm³/mol. The second-order valence-corrected chi connectivity index (χ2v) is 2.73. The van der Waals surface area contributed by atoms with Gasteiger partial charge in [0.2, 0.25) is 0 Å². The smallest absolute Gasteiger partial charge is 0.378 e. The summed E-state index contributed by atoms with van der Waals surface area (Å²) < 4.78 is 41.3. The molecule has 0 heterocycles. The van der Waals surface area contributed by atoms with Crippen LogP contribution in [0.5, 0.6) is 0 Å². The second kappa shape index (κ2) is 4.70. The minimum absolute atomic E-state index is 0.332. The zero-order valence-corrected chi connectivity index (χ0v) is 7.61. The van der Waals surface area contributed by atoms with Gasteiger partial charge in [0.05, 0.1) is 12.0 Å². The Bertz CT molecular complexity index is 122. The van der Waals surface area contributed by atoms with Gasteiger partial charge in [-0.25, -0.2) is 0 Å². The number of hydrogen-bond acceptors (Lipinski definition) is 1. The van der Waals surface area contributed by atoms with Crippen molar-refractivity contribution in [1.29, 1.82) is 0 Å². The predicted octanol–water partition coefficient (Wildman–Crippen LogP) is 3.00. The molecule has 0 aliphatic heterocycles. The van der Waals surface area contributed by atoms with E-state index in [-0.39, 0.29) is 0 Å². The van der Waals surface area contributed by atoms with Crippen LogP contribution in [0, 0.1) is 5.92 Å². The summed E-state index contributed by atoms with van der Waals surface area (Å²) in [7, 11) is 0. The number of rotatable bonds is 4. The summed E-state index contributed by atoms with van der Waals surface area (Å²) >= 11 is 0. The van der Waals surface area contributed by atoms with Crippen LogP contribution in [0.15, 0.2) is 0 Å². The van der Waals surface area contributed by atoms with Crippen LogP contribution >= 0.6 is 0 Å². The first kappa shape index (κ1) is 11.8. The number of alkyl halides is 3. The maximum Gasteiger partial charge on any atom is 0.394 e. The highest BCUT2D eigenvalue weighted by atomic mass is 19.4. The maximum absolute atomic E-state index is 12.1. The van der Waals surface area contributed by atoms with Crippen molar-refractivity contribution in [2.75, 3.05) is 6.61 Å². The van der Waals surface area contributed by atoms with Crippen molar-refractivity contribution < 1.29 is 17.9 Å². The van der Waals surface area contributed by atoms with Gasteiger partial charge in [0, 0.05) is 6.61 Å². The number of halogens is 3. The van der Waals surface area contributed by atoms with E-state index < -0.39 is 18.2 Å². The zero-order valence-electron chi connectivity index (χ0n) is 7.61. The fourth-order valence-corrected chi connectivity index (χ4v) is 1.04. The summed E-state index contributed by atoms with van der Waals surface area (Å²) in [5.41, 5.74) is 0. The standard InChI is InChI=1S/C8H15F3O/c1-4-7(12-5-2)6(3)8(9,10)11/h6-7H,4-5H2,1-3H3. The fourth-order valence-electron chi connectivity index (χ4n) is 1.04. The third-order valence-electron chi connectivity index (χ3n) is 1.86. The van der Waals surface area contributed by atoms with Crippen LogP contribution in [0.3, 0.4) is 0 Å². The van der Waals surface area contributed by atoms with E-state index in [0.717, 1.165) is 6.92 Å². The zero-order chi connectivity index (χ0) is 9.78. The van der Waals surface area contributed by atoms with Gasteiger partial charge < -0.3 is 4.74 Å². The Kier molecular flexibility index (Phi) is 4.60. The molecule has 0 aromatic carbocycles. The van der Waals surface area contributed by atoms with Crippen LogP contribution in [-0.2, 0) is 4.74 Å². The van der Waals surface area contributed by atoms with Gasteiger partial charge in [-0.2, -0.15) is 13.2 Å². The molecule has 1 nitrogen and oxygen atoms in total. The monoisotopic (exact) mass is 184 g/mol. The number of hydrogen-bond donors (Lipinski definition) is 0. The van der Waals surface area contributed by atoms with E-state index in [1.807, 2.05) is 0 Å². The van der Waals surface area contributed by atoms with E-state index in [1.165, 1.54) is 0 Å². The van der Waals surface area contributed by atoms with Gasteiger partial charge >= 0.3 is 6.18 Å². The van der Waals surface area contributed by atoms with E-state index >= 15 is 0 Å². The van der Waals surface area contributed by atoms with E-state index in [1.54, 1.807) is 13.8 Å². The quantitative estimate of drug-likeness (QED) is 0.652. The molecule has 0 aromatic rings. The molecule has 0 spiro atoms. The molecule has 0 radical (unpaired) electrons. The van der Waals surface area contributed by atoms with Crippen LogP contribution in [0.1, 0.15) is 27.2 Å². The molecule has 2 atom stereocenters. The van der Waals surface area contributed by atoms with E-state index in [4.69, 9.17) is 4.74 Å². The van der Waals surface area contributed by atoms with E-state index in [2.05, 4.69) is 0 Å². The third-order valence-corrected chi connectivity index (χ3v) is 1.86. The Morgan fingerprint density at radius 3 is 2.00 bits per heavy atom. The lowest BCUT2D eigenvalue weighted by atomic mass is 10.0. The average molecular weight is 184 g/mol. The van der Waals surface area contributed by atoms with Gasteiger partial charge in [0.25, 0.3) is 0 Å². The first-order chi connectivity index (χ1) is 5.43. The van der Waals surface area contributed by atoms with Crippen molar-refractivity contribution >= 4 is 0 Å². The molecule has 0 aliphatic carbocycles. The molecule has 74 valence electrons. The van der Waals surface area contributed by atoms with Crippen LogP contribution in [0.2, 0.25) is 0 Å². The summed E-state index contributed by atoms with van der Waals surface area (Å²) in [6.07, 6.45) is -4.44. The first-order valence-corrected chi connectivity index (χ1v) is 4.11. The molecule has 0 bridgehead atoms. The van der Waals surface area contributed by atoms with E-state index in [9.17, 15) is 13.2 Å². The summed E-state index contributed by atoms with van der Waals surface area (Å²) in [5.74, 6) is -1.37. The minimum Gasteiger partial charge on any atom is -0.378 e. The molecule has 4 heteroatoms. The Morgan fingerprint density at radius 2 is 1.75 bits per heavy atom. The van der Waals surface area contributed by atoms with Crippen LogP contribution in [0.4, 0.5) is 13.2 Å². The molecular weight excluding hydrogens is 169 g/mol. The maximum atomic E-state index is 12.1. The highest BCUT2D eigenvalue weighted by molar-refractivity contribution is 4.71. The first-order valence-electron chi connectivity index (χ1n) is 4.11. The third kappa shape index (κ3) is 3.43. The Labute approximate surface area is 70.9 Å². The number of ether oxygens (including phenoxy) is 1.